The van der Waals surface area contributed by atoms with Crippen molar-refractivity contribution in [3.63, 3.8) is 0 Å². The Bertz CT molecular complexity index is 350. The standard InChI is InChI=1S/C10H13N3O/c1-8-3-5-9(6-4-8)10(2,14)7-12-13-11/h3-6,14H,7H2,1-2H3. The van der Waals surface area contributed by atoms with E-state index in [2.05, 4.69) is 10.0 Å². The van der Waals surface area contributed by atoms with Gasteiger partial charge in [-0.25, -0.2) is 0 Å². The molecule has 0 aliphatic heterocycles. The van der Waals surface area contributed by atoms with Crippen molar-refractivity contribution in [3.05, 3.63) is 45.8 Å². The van der Waals surface area contributed by atoms with Gasteiger partial charge in [-0.3, -0.25) is 0 Å². The first-order chi connectivity index (χ1) is 6.56. The van der Waals surface area contributed by atoms with E-state index in [9.17, 15) is 5.11 Å². The lowest BCUT2D eigenvalue weighted by molar-refractivity contribution is 0.0669. The van der Waals surface area contributed by atoms with E-state index in [0.717, 1.165) is 11.1 Å². The molecule has 4 nitrogen and oxygen atoms in total. The Morgan fingerprint density at radius 2 is 2.00 bits per heavy atom. The van der Waals surface area contributed by atoms with Crippen molar-refractivity contribution >= 4 is 0 Å². The van der Waals surface area contributed by atoms with Crippen LogP contribution in [0.25, 0.3) is 10.4 Å². The second-order valence-electron chi connectivity index (χ2n) is 3.53. The highest BCUT2D eigenvalue weighted by atomic mass is 16.3. The van der Waals surface area contributed by atoms with Crippen LogP contribution in [0.2, 0.25) is 0 Å². The fraction of sp³-hybridized carbons (Fsp3) is 0.400. The molecule has 1 aromatic carbocycles. The van der Waals surface area contributed by atoms with Gasteiger partial charge in [0.15, 0.2) is 0 Å². The minimum Gasteiger partial charge on any atom is -0.385 e. The van der Waals surface area contributed by atoms with Gasteiger partial charge in [0, 0.05) is 4.91 Å². The third-order valence-corrected chi connectivity index (χ3v) is 2.12. The molecule has 74 valence electrons. The van der Waals surface area contributed by atoms with E-state index in [1.807, 2.05) is 31.2 Å². The number of azide groups is 1. The summed E-state index contributed by atoms with van der Waals surface area (Å²) in [6.07, 6.45) is 0. The van der Waals surface area contributed by atoms with Gasteiger partial charge < -0.3 is 5.11 Å². The van der Waals surface area contributed by atoms with E-state index >= 15 is 0 Å². The van der Waals surface area contributed by atoms with Crippen LogP contribution in [0.15, 0.2) is 29.4 Å². The number of hydrogen-bond acceptors (Lipinski definition) is 2. The fourth-order valence-electron chi connectivity index (χ4n) is 1.17. The normalized spacial score (nSPS) is 14.2. The zero-order valence-corrected chi connectivity index (χ0v) is 8.31. The van der Waals surface area contributed by atoms with Crippen LogP contribution in [0.1, 0.15) is 18.1 Å². The fourth-order valence-corrected chi connectivity index (χ4v) is 1.17. The number of rotatable bonds is 3. The lowest BCUT2D eigenvalue weighted by Gasteiger charge is -2.21. The second kappa shape index (κ2) is 4.13. The van der Waals surface area contributed by atoms with Crippen LogP contribution in [-0.2, 0) is 5.60 Å². The van der Waals surface area contributed by atoms with Crippen LogP contribution in [0, 0.1) is 6.92 Å². The predicted molar refractivity (Wildman–Crippen MR) is 54.8 cm³/mol. The van der Waals surface area contributed by atoms with Gasteiger partial charge >= 0.3 is 0 Å². The minimum atomic E-state index is -1.08. The Morgan fingerprint density at radius 1 is 1.43 bits per heavy atom. The molecule has 0 aliphatic carbocycles. The number of aryl methyl sites for hydroxylation is 1. The smallest absolute Gasteiger partial charge is 0.0924 e. The molecular weight excluding hydrogens is 178 g/mol. The molecule has 0 aromatic heterocycles. The molecule has 0 saturated heterocycles. The summed E-state index contributed by atoms with van der Waals surface area (Å²) in [5, 5.41) is 13.3. The molecule has 1 atom stereocenters. The molecule has 14 heavy (non-hydrogen) atoms. The number of nitrogens with zero attached hydrogens (tertiary/aromatic N) is 3. The summed E-state index contributed by atoms with van der Waals surface area (Å²) >= 11 is 0. The van der Waals surface area contributed by atoms with Gasteiger partial charge in [0.1, 0.15) is 0 Å². The van der Waals surface area contributed by atoms with Crippen molar-refractivity contribution in [3.8, 4) is 0 Å². The van der Waals surface area contributed by atoms with E-state index in [1.54, 1.807) is 6.92 Å². The molecule has 1 unspecified atom stereocenters. The van der Waals surface area contributed by atoms with Crippen LogP contribution in [0.5, 0.6) is 0 Å². The monoisotopic (exact) mass is 191 g/mol. The van der Waals surface area contributed by atoms with Gasteiger partial charge in [-0.1, -0.05) is 34.9 Å². The molecule has 0 amide bonds. The molecule has 0 bridgehead atoms. The summed E-state index contributed by atoms with van der Waals surface area (Å²) in [6.45, 7) is 3.66. The summed E-state index contributed by atoms with van der Waals surface area (Å²) in [4.78, 5) is 2.63. The van der Waals surface area contributed by atoms with Crippen molar-refractivity contribution in [2.24, 2.45) is 5.11 Å². The molecule has 0 fully saturated rings. The molecule has 0 spiro atoms. The second-order valence-corrected chi connectivity index (χ2v) is 3.53. The van der Waals surface area contributed by atoms with E-state index in [1.165, 1.54) is 0 Å². The highest BCUT2D eigenvalue weighted by Gasteiger charge is 2.21. The predicted octanol–water partition coefficient (Wildman–Crippen LogP) is 2.51. The SMILES string of the molecule is Cc1ccc(C(C)(O)CN=[N+]=[N-])cc1. The topological polar surface area (TPSA) is 69.0 Å². The third-order valence-electron chi connectivity index (χ3n) is 2.12. The summed E-state index contributed by atoms with van der Waals surface area (Å²) in [7, 11) is 0. The average Bonchev–Trinajstić information content (AvgIpc) is 2.16. The van der Waals surface area contributed by atoms with Gasteiger partial charge in [0.2, 0.25) is 0 Å². The van der Waals surface area contributed by atoms with Gasteiger partial charge in [-0.2, -0.15) is 0 Å². The highest BCUT2D eigenvalue weighted by Crippen LogP contribution is 2.21. The molecule has 0 radical (unpaired) electrons. The van der Waals surface area contributed by atoms with Gasteiger partial charge in [-0.05, 0) is 24.9 Å². The molecule has 1 rings (SSSR count). The molecule has 0 heterocycles. The molecule has 1 aromatic rings. The molecule has 4 heteroatoms. The summed E-state index contributed by atoms with van der Waals surface area (Å²) < 4.78 is 0. The quantitative estimate of drug-likeness (QED) is 0.445. The molecule has 0 saturated carbocycles. The zero-order valence-electron chi connectivity index (χ0n) is 8.31. The minimum absolute atomic E-state index is 0.0482. The summed E-state index contributed by atoms with van der Waals surface area (Å²) in [5.41, 5.74) is 8.98. The Balaban J connectivity index is 2.91. The van der Waals surface area contributed by atoms with E-state index in [-0.39, 0.29) is 6.54 Å². The van der Waals surface area contributed by atoms with Gasteiger partial charge in [0.25, 0.3) is 0 Å². The maximum absolute atomic E-state index is 9.94. The van der Waals surface area contributed by atoms with Crippen molar-refractivity contribution in [2.75, 3.05) is 6.54 Å². The molecular formula is C10H13N3O. The zero-order chi connectivity index (χ0) is 10.6. The largest absolute Gasteiger partial charge is 0.385 e. The number of benzene rings is 1. The Kier molecular flexibility index (Phi) is 3.12. The summed E-state index contributed by atoms with van der Waals surface area (Å²) in [5.74, 6) is 0. The lowest BCUT2D eigenvalue weighted by Crippen LogP contribution is -2.24. The third kappa shape index (κ3) is 2.49. The Hall–Kier alpha value is -1.51. The highest BCUT2D eigenvalue weighted by molar-refractivity contribution is 5.26. The van der Waals surface area contributed by atoms with Crippen LogP contribution < -0.4 is 0 Å². The number of aliphatic hydroxyl groups is 1. The van der Waals surface area contributed by atoms with Crippen LogP contribution >= 0.6 is 0 Å². The van der Waals surface area contributed by atoms with Crippen molar-refractivity contribution in [2.45, 2.75) is 19.4 Å². The molecule has 0 aliphatic rings. The van der Waals surface area contributed by atoms with Crippen LogP contribution in [0.3, 0.4) is 0 Å². The Morgan fingerprint density at radius 3 is 2.50 bits per heavy atom. The van der Waals surface area contributed by atoms with Crippen molar-refractivity contribution in [1.82, 2.24) is 0 Å². The lowest BCUT2D eigenvalue weighted by atomic mass is 9.95. The van der Waals surface area contributed by atoms with Crippen molar-refractivity contribution in [1.29, 1.82) is 0 Å². The first-order valence-corrected chi connectivity index (χ1v) is 4.36. The Labute approximate surface area is 82.8 Å². The van der Waals surface area contributed by atoms with Crippen molar-refractivity contribution < 1.29 is 5.11 Å². The van der Waals surface area contributed by atoms with Crippen LogP contribution in [0.4, 0.5) is 0 Å². The summed E-state index contributed by atoms with van der Waals surface area (Å²) in [6, 6.07) is 7.50. The van der Waals surface area contributed by atoms with E-state index in [4.69, 9.17) is 5.53 Å². The van der Waals surface area contributed by atoms with E-state index in [0.29, 0.717) is 0 Å². The maximum Gasteiger partial charge on any atom is 0.0924 e. The number of hydrogen-bond donors (Lipinski definition) is 1. The maximum atomic E-state index is 9.94. The average molecular weight is 191 g/mol. The first-order valence-electron chi connectivity index (χ1n) is 4.36. The first kappa shape index (κ1) is 10.6. The van der Waals surface area contributed by atoms with E-state index < -0.39 is 5.60 Å². The molecule has 1 N–H and O–H groups in total. The van der Waals surface area contributed by atoms with Crippen LogP contribution in [-0.4, -0.2) is 11.7 Å². The van der Waals surface area contributed by atoms with Gasteiger partial charge in [0.05, 0.1) is 12.1 Å². The van der Waals surface area contributed by atoms with Gasteiger partial charge in [-0.15, -0.1) is 0 Å².